The smallest absolute Gasteiger partial charge is 0.410 e. The average Bonchev–Trinajstić information content (AvgIpc) is 2.51. The van der Waals surface area contributed by atoms with Crippen LogP contribution >= 0.6 is 11.6 Å². The van der Waals surface area contributed by atoms with Crippen molar-refractivity contribution < 1.29 is 14.6 Å². The van der Waals surface area contributed by atoms with E-state index in [1.807, 2.05) is 26.8 Å². The number of carbonyl (C=O) groups is 1. The van der Waals surface area contributed by atoms with Gasteiger partial charge in [0, 0.05) is 44.5 Å². The highest BCUT2D eigenvalue weighted by molar-refractivity contribution is 6.29. The molecular weight excluding hydrogens is 344 g/mol. The zero-order chi connectivity index (χ0) is 18.6. The van der Waals surface area contributed by atoms with E-state index in [9.17, 15) is 9.90 Å². The molecule has 0 saturated carbocycles. The molecule has 1 aliphatic heterocycles. The summed E-state index contributed by atoms with van der Waals surface area (Å²) in [7, 11) is 0. The van der Waals surface area contributed by atoms with E-state index in [1.54, 1.807) is 17.9 Å². The van der Waals surface area contributed by atoms with E-state index < -0.39 is 11.7 Å². The van der Waals surface area contributed by atoms with Crippen LogP contribution in [0.4, 0.5) is 16.3 Å². The van der Waals surface area contributed by atoms with Gasteiger partial charge in [-0.05, 0) is 33.8 Å². The third-order valence-electron chi connectivity index (χ3n) is 3.65. The number of aliphatic hydroxyl groups is 1. The number of ether oxygens (including phenoxy) is 1. The van der Waals surface area contributed by atoms with Crippen molar-refractivity contribution in [3.63, 3.8) is 0 Å². The first kappa shape index (κ1) is 19.6. The summed E-state index contributed by atoms with van der Waals surface area (Å²) < 4.78 is 5.41. The molecule has 0 spiro atoms. The lowest BCUT2D eigenvalue weighted by atomic mass is 10.2. The van der Waals surface area contributed by atoms with Gasteiger partial charge in [0.2, 0.25) is 0 Å². The van der Waals surface area contributed by atoms with E-state index in [0.717, 1.165) is 5.69 Å². The second-order valence-electron chi connectivity index (χ2n) is 7.22. The maximum Gasteiger partial charge on any atom is 0.410 e. The van der Waals surface area contributed by atoms with Crippen LogP contribution in [-0.4, -0.2) is 65.5 Å². The Morgan fingerprint density at radius 2 is 2.00 bits per heavy atom. The van der Waals surface area contributed by atoms with E-state index in [4.69, 9.17) is 16.3 Å². The highest BCUT2D eigenvalue weighted by atomic mass is 35.5. The van der Waals surface area contributed by atoms with Crippen LogP contribution in [-0.2, 0) is 4.74 Å². The quantitative estimate of drug-likeness (QED) is 0.793. The Morgan fingerprint density at radius 1 is 1.36 bits per heavy atom. The second kappa shape index (κ2) is 8.10. The van der Waals surface area contributed by atoms with Gasteiger partial charge >= 0.3 is 6.09 Å². The summed E-state index contributed by atoms with van der Waals surface area (Å²) in [5.74, 6) is 0.623. The summed E-state index contributed by atoms with van der Waals surface area (Å²) in [5, 5.41) is 12.8. The molecule has 140 valence electrons. The lowest BCUT2D eigenvalue weighted by molar-refractivity contribution is 0.0240. The van der Waals surface area contributed by atoms with Gasteiger partial charge in [0.1, 0.15) is 16.6 Å². The normalized spacial score (nSPS) is 16.6. The minimum Gasteiger partial charge on any atom is -0.444 e. The summed E-state index contributed by atoms with van der Waals surface area (Å²) in [6, 6.07) is 3.70. The van der Waals surface area contributed by atoms with Crippen LogP contribution in [0.25, 0.3) is 0 Å². The number of aliphatic hydroxyl groups excluding tert-OH is 1. The zero-order valence-electron chi connectivity index (χ0n) is 15.3. The Bertz CT molecular complexity index is 596. The molecule has 2 heterocycles. The predicted molar refractivity (Wildman–Crippen MR) is 99.4 cm³/mol. The third kappa shape index (κ3) is 6.25. The van der Waals surface area contributed by atoms with Crippen molar-refractivity contribution >= 4 is 29.2 Å². The Balaban J connectivity index is 1.97. The van der Waals surface area contributed by atoms with Gasteiger partial charge in [-0.25, -0.2) is 9.78 Å². The van der Waals surface area contributed by atoms with Crippen molar-refractivity contribution in [2.24, 2.45) is 0 Å². The van der Waals surface area contributed by atoms with Gasteiger partial charge in [-0.3, -0.25) is 0 Å². The number of carbonyl (C=O) groups excluding carboxylic acids is 1. The molecule has 1 aromatic heterocycles. The van der Waals surface area contributed by atoms with E-state index in [0.29, 0.717) is 43.7 Å². The van der Waals surface area contributed by atoms with Gasteiger partial charge in [-0.1, -0.05) is 11.6 Å². The van der Waals surface area contributed by atoms with E-state index in [2.05, 4.69) is 15.2 Å². The Morgan fingerprint density at radius 3 is 2.56 bits per heavy atom. The van der Waals surface area contributed by atoms with Crippen LogP contribution in [0.15, 0.2) is 12.1 Å². The van der Waals surface area contributed by atoms with Crippen LogP contribution in [0.3, 0.4) is 0 Å². The number of nitrogens with zero attached hydrogens (tertiary/aromatic N) is 3. The molecule has 0 radical (unpaired) electrons. The molecule has 0 unspecified atom stereocenters. The van der Waals surface area contributed by atoms with Crippen LogP contribution in [0, 0.1) is 0 Å². The molecule has 1 saturated heterocycles. The van der Waals surface area contributed by atoms with Crippen LogP contribution < -0.4 is 10.2 Å². The SMILES string of the molecule is C[C@H](O)CNc1cc(N2CCN(C(=O)OC(C)(C)C)CC2)cc(Cl)n1. The standard InChI is InChI=1S/C17H27ClN4O3/c1-12(23)11-19-15-10-13(9-14(18)20-15)21-5-7-22(8-6-21)16(24)25-17(2,3)4/h9-10,12,23H,5-8,11H2,1-4H3,(H,19,20)/t12-/m0/s1. The van der Waals surface area contributed by atoms with Gasteiger partial charge in [-0.2, -0.15) is 0 Å². The average molecular weight is 371 g/mol. The van der Waals surface area contributed by atoms with Gasteiger partial charge in [0.15, 0.2) is 0 Å². The minimum absolute atomic E-state index is 0.279. The van der Waals surface area contributed by atoms with Crippen molar-refractivity contribution in [1.82, 2.24) is 9.88 Å². The van der Waals surface area contributed by atoms with Gasteiger partial charge in [-0.15, -0.1) is 0 Å². The Labute approximate surface area is 153 Å². The summed E-state index contributed by atoms with van der Waals surface area (Å²) in [6.45, 7) is 10.3. The molecule has 0 aromatic carbocycles. The fourth-order valence-electron chi connectivity index (χ4n) is 2.48. The topological polar surface area (TPSA) is 77.9 Å². The molecule has 2 N–H and O–H groups in total. The van der Waals surface area contributed by atoms with Crippen LogP contribution in [0.2, 0.25) is 5.15 Å². The molecule has 0 aliphatic carbocycles. The van der Waals surface area contributed by atoms with Crippen LogP contribution in [0.5, 0.6) is 0 Å². The number of aromatic nitrogens is 1. The van der Waals surface area contributed by atoms with Crippen molar-refractivity contribution in [1.29, 1.82) is 0 Å². The van der Waals surface area contributed by atoms with Crippen molar-refractivity contribution in [3.8, 4) is 0 Å². The van der Waals surface area contributed by atoms with E-state index >= 15 is 0 Å². The van der Waals surface area contributed by atoms with Crippen LogP contribution in [0.1, 0.15) is 27.7 Å². The van der Waals surface area contributed by atoms with Crippen molar-refractivity contribution in [3.05, 3.63) is 17.3 Å². The first-order valence-electron chi connectivity index (χ1n) is 8.46. The fourth-order valence-corrected chi connectivity index (χ4v) is 2.69. The molecule has 8 heteroatoms. The monoisotopic (exact) mass is 370 g/mol. The third-order valence-corrected chi connectivity index (χ3v) is 3.85. The number of pyridine rings is 1. The lowest BCUT2D eigenvalue weighted by Gasteiger charge is -2.36. The summed E-state index contributed by atoms with van der Waals surface area (Å²) >= 11 is 6.11. The highest BCUT2D eigenvalue weighted by Gasteiger charge is 2.26. The Hall–Kier alpha value is -1.73. The predicted octanol–water partition coefficient (Wildman–Crippen LogP) is 2.58. The van der Waals surface area contributed by atoms with Crippen molar-refractivity contribution in [2.45, 2.75) is 39.4 Å². The number of hydrogen-bond acceptors (Lipinski definition) is 6. The lowest BCUT2D eigenvalue weighted by Crippen LogP contribution is -2.50. The molecule has 1 aromatic rings. The van der Waals surface area contributed by atoms with Gasteiger partial charge in [0.05, 0.1) is 6.10 Å². The maximum atomic E-state index is 12.1. The highest BCUT2D eigenvalue weighted by Crippen LogP contribution is 2.24. The number of nitrogens with one attached hydrogen (secondary N) is 1. The zero-order valence-corrected chi connectivity index (χ0v) is 16.0. The molecule has 1 aliphatic rings. The molecule has 0 bridgehead atoms. The second-order valence-corrected chi connectivity index (χ2v) is 7.60. The van der Waals surface area contributed by atoms with Crippen molar-refractivity contribution in [2.75, 3.05) is 42.9 Å². The van der Waals surface area contributed by atoms with E-state index in [1.165, 1.54) is 0 Å². The number of halogens is 1. The molecule has 1 amide bonds. The number of anilines is 2. The first-order chi connectivity index (χ1) is 11.6. The minimum atomic E-state index is -0.489. The van der Waals surface area contributed by atoms with Gasteiger partial charge < -0.3 is 25.0 Å². The number of piperazine rings is 1. The molecule has 7 nitrogen and oxygen atoms in total. The Kier molecular flexibility index (Phi) is 6.35. The summed E-state index contributed by atoms with van der Waals surface area (Å²) in [4.78, 5) is 20.2. The molecule has 1 atom stereocenters. The van der Waals surface area contributed by atoms with Gasteiger partial charge in [0.25, 0.3) is 0 Å². The molecule has 2 rings (SSSR count). The first-order valence-corrected chi connectivity index (χ1v) is 8.84. The largest absolute Gasteiger partial charge is 0.444 e. The fraction of sp³-hybridized carbons (Fsp3) is 0.647. The number of hydrogen-bond donors (Lipinski definition) is 2. The summed E-state index contributed by atoms with van der Waals surface area (Å²) in [6.07, 6.45) is -0.749. The summed E-state index contributed by atoms with van der Waals surface area (Å²) in [5.41, 5.74) is 0.453. The maximum absolute atomic E-state index is 12.1. The molecular formula is C17H27ClN4O3. The molecule has 25 heavy (non-hydrogen) atoms. The number of rotatable bonds is 4. The van der Waals surface area contributed by atoms with E-state index in [-0.39, 0.29) is 6.09 Å². The number of amides is 1. The molecule has 1 fully saturated rings.